The molecule has 0 aromatic heterocycles. The maximum absolute atomic E-state index is 12.6. The minimum Gasteiger partial charge on any atom is -0.434 e. The van der Waals surface area contributed by atoms with Crippen molar-refractivity contribution >= 4 is 11.8 Å². The minimum absolute atomic E-state index is 0.0466. The Bertz CT molecular complexity index is 607. The second-order valence-electron chi connectivity index (χ2n) is 5.72. The number of hydrogen-bond acceptors (Lipinski definition) is 5. The number of nitrogens with zero attached hydrogens (tertiary/aromatic N) is 2. The Morgan fingerprint density at radius 3 is 2.46 bits per heavy atom. The van der Waals surface area contributed by atoms with E-state index in [1.165, 1.54) is 23.1 Å². The van der Waals surface area contributed by atoms with Crippen LogP contribution in [0.4, 0.5) is 8.78 Å². The lowest BCUT2D eigenvalue weighted by molar-refractivity contribution is -0.131. The van der Waals surface area contributed by atoms with E-state index in [0.717, 1.165) is 0 Å². The third kappa shape index (κ3) is 5.63. The lowest BCUT2D eigenvalue weighted by Crippen LogP contribution is -2.52. The van der Waals surface area contributed by atoms with Crippen LogP contribution in [0.1, 0.15) is 10.4 Å². The number of piperazine rings is 1. The molecule has 9 heteroatoms. The van der Waals surface area contributed by atoms with Gasteiger partial charge in [0.1, 0.15) is 5.75 Å². The number of benzene rings is 1. The summed E-state index contributed by atoms with van der Waals surface area (Å²) in [7, 11) is 1.59. The zero-order valence-corrected chi connectivity index (χ0v) is 14.6. The largest absolute Gasteiger partial charge is 0.434 e. The number of hydrogen-bond donors (Lipinski definition) is 1. The van der Waals surface area contributed by atoms with Gasteiger partial charge in [0, 0.05) is 39.8 Å². The summed E-state index contributed by atoms with van der Waals surface area (Å²) in [5.41, 5.74) is 0.0915. The molecule has 1 N–H and O–H groups in total. The van der Waals surface area contributed by atoms with Crippen LogP contribution in [-0.4, -0.2) is 81.2 Å². The zero-order chi connectivity index (χ0) is 18.9. The molecule has 0 radical (unpaired) electrons. The van der Waals surface area contributed by atoms with E-state index in [1.807, 2.05) is 0 Å². The molecule has 0 aliphatic carbocycles. The summed E-state index contributed by atoms with van der Waals surface area (Å²) >= 11 is 0. The molecule has 2 amide bonds. The predicted octanol–water partition coefficient (Wildman–Crippen LogP) is 0.808. The summed E-state index contributed by atoms with van der Waals surface area (Å²) in [4.78, 5) is 27.9. The molecule has 0 saturated carbocycles. The molecule has 1 heterocycles. The molecule has 1 aromatic rings. The molecule has 0 atom stereocenters. The maximum atomic E-state index is 12.6. The van der Waals surface area contributed by atoms with Crippen molar-refractivity contribution in [1.29, 1.82) is 0 Å². The average molecular weight is 371 g/mol. The van der Waals surface area contributed by atoms with E-state index in [-0.39, 0.29) is 29.7 Å². The fourth-order valence-corrected chi connectivity index (χ4v) is 2.65. The molecule has 0 bridgehead atoms. The Morgan fingerprint density at radius 2 is 1.81 bits per heavy atom. The molecule has 26 heavy (non-hydrogen) atoms. The Labute approximate surface area is 150 Å². The highest BCUT2D eigenvalue weighted by molar-refractivity contribution is 5.97. The van der Waals surface area contributed by atoms with Gasteiger partial charge in [-0.05, 0) is 12.1 Å². The number of ether oxygens (including phenoxy) is 2. The molecule has 0 spiro atoms. The van der Waals surface area contributed by atoms with Crippen molar-refractivity contribution in [1.82, 2.24) is 15.1 Å². The van der Waals surface area contributed by atoms with Crippen LogP contribution < -0.4 is 10.1 Å². The van der Waals surface area contributed by atoms with Gasteiger partial charge in [-0.15, -0.1) is 0 Å². The van der Waals surface area contributed by atoms with E-state index in [1.54, 1.807) is 18.1 Å². The van der Waals surface area contributed by atoms with Crippen molar-refractivity contribution < 1.29 is 27.8 Å². The summed E-state index contributed by atoms with van der Waals surface area (Å²) < 4.78 is 34.3. The fourth-order valence-electron chi connectivity index (χ4n) is 2.65. The number of alkyl halides is 2. The number of carbonyl (C=O) groups is 2. The lowest BCUT2D eigenvalue weighted by atomic mass is 10.1. The number of para-hydroxylation sites is 1. The maximum Gasteiger partial charge on any atom is 0.387 e. The normalized spacial score (nSPS) is 14.6. The Balaban J connectivity index is 1.88. The van der Waals surface area contributed by atoms with Gasteiger partial charge in [0.25, 0.3) is 5.91 Å². The van der Waals surface area contributed by atoms with Crippen LogP contribution in [0.25, 0.3) is 0 Å². The van der Waals surface area contributed by atoms with E-state index < -0.39 is 6.61 Å². The number of nitrogens with one attached hydrogen (secondary N) is 1. The van der Waals surface area contributed by atoms with E-state index in [0.29, 0.717) is 39.3 Å². The first-order valence-corrected chi connectivity index (χ1v) is 8.33. The van der Waals surface area contributed by atoms with Crippen LogP contribution in [-0.2, 0) is 9.53 Å². The molecule has 2 rings (SSSR count). The lowest BCUT2D eigenvalue weighted by Gasteiger charge is -2.35. The molecule has 144 valence electrons. The van der Waals surface area contributed by atoms with E-state index in [2.05, 4.69) is 10.1 Å². The average Bonchev–Trinajstić information content (AvgIpc) is 2.64. The van der Waals surface area contributed by atoms with Gasteiger partial charge < -0.3 is 24.6 Å². The second kappa shape index (κ2) is 10.0. The number of carbonyl (C=O) groups excluding carboxylic acids is 2. The fraction of sp³-hybridized carbons (Fsp3) is 0.529. The van der Waals surface area contributed by atoms with Crippen LogP contribution in [0.15, 0.2) is 24.3 Å². The molecule has 0 unspecified atom stereocenters. The zero-order valence-electron chi connectivity index (χ0n) is 14.6. The quantitative estimate of drug-likeness (QED) is 0.685. The van der Waals surface area contributed by atoms with Gasteiger partial charge >= 0.3 is 6.61 Å². The first kappa shape index (κ1) is 20.1. The monoisotopic (exact) mass is 371 g/mol. The van der Waals surface area contributed by atoms with Crippen LogP contribution in [0.5, 0.6) is 5.75 Å². The molecule has 1 saturated heterocycles. The van der Waals surface area contributed by atoms with E-state index >= 15 is 0 Å². The van der Waals surface area contributed by atoms with Crippen LogP contribution in [0.2, 0.25) is 0 Å². The Hall–Kier alpha value is -2.26. The third-order valence-corrected chi connectivity index (χ3v) is 4.01. The molecule has 1 aliphatic heterocycles. The SMILES string of the molecule is COCCNCC(=O)N1CCN(C(=O)c2ccccc2OC(F)F)CC1. The summed E-state index contributed by atoms with van der Waals surface area (Å²) in [6.45, 7) is -0.205. The standard InChI is InChI=1S/C17H23F2N3O4/c1-25-11-6-20-12-15(23)21-7-9-22(10-8-21)16(24)13-4-2-3-5-14(13)26-17(18)19/h2-5,17,20H,6-12H2,1H3. The Morgan fingerprint density at radius 1 is 1.15 bits per heavy atom. The van der Waals surface area contributed by atoms with Gasteiger partial charge in [0.15, 0.2) is 0 Å². The first-order chi connectivity index (χ1) is 12.5. The first-order valence-electron chi connectivity index (χ1n) is 8.33. The third-order valence-electron chi connectivity index (χ3n) is 4.01. The topological polar surface area (TPSA) is 71.1 Å². The van der Waals surface area contributed by atoms with Gasteiger partial charge in [-0.2, -0.15) is 8.78 Å². The van der Waals surface area contributed by atoms with Gasteiger partial charge in [-0.25, -0.2) is 0 Å². The van der Waals surface area contributed by atoms with Crippen LogP contribution in [0.3, 0.4) is 0 Å². The molecule has 1 aliphatic rings. The van der Waals surface area contributed by atoms with E-state index in [9.17, 15) is 18.4 Å². The smallest absolute Gasteiger partial charge is 0.387 e. The Kier molecular flexibility index (Phi) is 7.73. The number of amides is 2. The summed E-state index contributed by atoms with van der Waals surface area (Å²) in [5.74, 6) is -0.574. The highest BCUT2D eigenvalue weighted by Crippen LogP contribution is 2.22. The van der Waals surface area contributed by atoms with Crippen LogP contribution in [0, 0.1) is 0 Å². The van der Waals surface area contributed by atoms with Gasteiger partial charge in [0.05, 0.1) is 18.7 Å². The minimum atomic E-state index is -3.00. The van der Waals surface area contributed by atoms with Crippen LogP contribution >= 0.6 is 0 Å². The van der Waals surface area contributed by atoms with E-state index in [4.69, 9.17) is 4.74 Å². The second-order valence-corrected chi connectivity index (χ2v) is 5.72. The van der Waals surface area contributed by atoms with Crippen molar-refractivity contribution in [2.45, 2.75) is 6.61 Å². The number of rotatable bonds is 8. The van der Waals surface area contributed by atoms with Crippen molar-refractivity contribution in [2.75, 3.05) is 53.0 Å². The molecular weight excluding hydrogens is 348 g/mol. The highest BCUT2D eigenvalue weighted by atomic mass is 19.3. The van der Waals surface area contributed by atoms with Gasteiger partial charge in [0.2, 0.25) is 5.91 Å². The molecule has 7 nitrogen and oxygen atoms in total. The van der Waals surface area contributed by atoms with Gasteiger partial charge in [-0.3, -0.25) is 9.59 Å². The number of halogens is 2. The van der Waals surface area contributed by atoms with Crippen molar-refractivity contribution in [3.8, 4) is 5.75 Å². The molecule has 1 fully saturated rings. The van der Waals surface area contributed by atoms with Gasteiger partial charge in [-0.1, -0.05) is 12.1 Å². The van der Waals surface area contributed by atoms with Crippen molar-refractivity contribution in [2.24, 2.45) is 0 Å². The summed E-state index contributed by atoms with van der Waals surface area (Å²) in [6.07, 6.45) is 0. The summed E-state index contributed by atoms with van der Waals surface area (Å²) in [6, 6.07) is 5.92. The molecule has 1 aromatic carbocycles. The van der Waals surface area contributed by atoms with Crippen molar-refractivity contribution in [3.63, 3.8) is 0 Å². The highest BCUT2D eigenvalue weighted by Gasteiger charge is 2.26. The summed E-state index contributed by atoms with van der Waals surface area (Å²) in [5, 5.41) is 2.98. The van der Waals surface area contributed by atoms with Crippen molar-refractivity contribution in [3.05, 3.63) is 29.8 Å². The number of methoxy groups -OCH3 is 1. The molecular formula is C17H23F2N3O4. The predicted molar refractivity (Wildman–Crippen MR) is 90.3 cm³/mol.